The maximum Gasteiger partial charge on any atom is 0.220 e. The van der Waals surface area contributed by atoms with E-state index in [9.17, 15) is 4.79 Å². The summed E-state index contributed by atoms with van der Waals surface area (Å²) >= 11 is 0. The number of carbonyl (C=O) groups is 1. The molecule has 0 aromatic rings. The van der Waals surface area contributed by atoms with Gasteiger partial charge in [0, 0.05) is 6.42 Å². The molecule has 17 heavy (non-hydrogen) atoms. The number of nitrogens with zero attached hydrogens (tertiary/aromatic N) is 1. The quantitative estimate of drug-likeness (QED) is 0.342. The van der Waals surface area contributed by atoms with E-state index >= 15 is 0 Å². The second-order valence-electron chi connectivity index (χ2n) is 4.30. The molecule has 0 aromatic carbocycles. The molecule has 1 N–H and O–H groups in total. The lowest BCUT2D eigenvalue weighted by molar-refractivity contribution is -0.121. The van der Waals surface area contributed by atoms with E-state index in [4.69, 9.17) is 0 Å². The highest BCUT2D eigenvalue weighted by molar-refractivity contribution is 5.75. The van der Waals surface area contributed by atoms with Gasteiger partial charge < -0.3 is 5.32 Å². The first-order chi connectivity index (χ1) is 8.24. The normalized spacial score (nSPS) is 10.5. The Labute approximate surface area is 106 Å². The minimum atomic E-state index is 0.181. The Morgan fingerprint density at radius 1 is 1.18 bits per heavy atom. The van der Waals surface area contributed by atoms with E-state index in [1.807, 2.05) is 6.08 Å². The van der Waals surface area contributed by atoms with E-state index in [0.717, 1.165) is 32.4 Å². The highest BCUT2D eigenvalue weighted by atomic mass is 16.1. The van der Waals surface area contributed by atoms with Crippen LogP contribution in [0.25, 0.3) is 0 Å². The summed E-state index contributed by atoms with van der Waals surface area (Å²) in [6.07, 6.45) is 8.26. The van der Waals surface area contributed by atoms with Crippen LogP contribution in [0.3, 0.4) is 0 Å². The van der Waals surface area contributed by atoms with E-state index in [-0.39, 0.29) is 5.91 Å². The Hall–Kier alpha value is -0.830. The summed E-state index contributed by atoms with van der Waals surface area (Å²) < 4.78 is 0. The number of carbonyl (C=O) groups excluding carboxylic acids is 1. The fourth-order valence-electron chi connectivity index (χ4n) is 1.66. The first-order valence-electron chi connectivity index (χ1n) is 6.84. The zero-order valence-electron chi connectivity index (χ0n) is 11.5. The Bertz CT molecular complexity index is 200. The molecule has 0 saturated heterocycles. The predicted molar refractivity (Wildman–Crippen MR) is 73.8 cm³/mol. The van der Waals surface area contributed by atoms with Crippen molar-refractivity contribution < 1.29 is 4.79 Å². The van der Waals surface area contributed by atoms with Gasteiger partial charge in [-0.05, 0) is 32.4 Å². The van der Waals surface area contributed by atoms with Crippen LogP contribution in [-0.2, 0) is 4.79 Å². The molecule has 3 heteroatoms. The minimum absolute atomic E-state index is 0.181. The molecule has 0 saturated carbocycles. The van der Waals surface area contributed by atoms with Crippen LogP contribution < -0.4 is 5.32 Å². The number of nitrogens with one attached hydrogen (secondary N) is 1. The maximum absolute atomic E-state index is 11.5. The van der Waals surface area contributed by atoms with Crippen molar-refractivity contribution in [2.75, 3.05) is 19.8 Å². The first-order valence-corrected chi connectivity index (χ1v) is 6.84. The molecule has 0 fully saturated rings. The van der Waals surface area contributed by atoms with Crippen molar-refractivity contribution in [1.29, 1.82) is 0 Å². The van der Waals surface area contributed by atoms with Crippen LogP contribution in [0.15, 0.2) is 12.7 Å². The summed E-state index contributed by atoms with van der Waals surface area (Å²) in [5.41, 5.74) is 0. The average Bonchev–Trinajstić information content (AvgIpc) is 2.35. The molecule has 0 aliphatic carbocycles. The number of amides is 1. The lowest BCUT2D eigenvalue weighted by Crippen LogP contribution is -2.37. The SMILES string of the molecule is C=CCCCCCCC(=O)NCN(CC)CC. The third kappa shape index (κ3) is 10.1. The fourth-order valence-corrected chi connectivity index (χ4v) is 1.66. The second-order valence-corrected chi connectivity index (χ2v) is 4.30. The van der Waals surface area contributed by atoms with Crippen molar-refractivity contribution in [2.24, 2.45) is 0 Å². The van der Waals surface area contributed by atoms with Crippen molar-refractivity contribution >= 4 is 5.91 Å². The van der Waals surface area contributed by atoms with Crippen molar-refractivity contribution in [3.8, 4) is 0 Å². The second kappa shape index (κ2) is 11.6. The van der Waals surface area contributed by atoms with Crippen molar-refractivity contribution in [3.63, 3.8) is 0 Å². The van der Waals surface area contributed by atoms with Gasteiger partial charge in [-0.1, -0.05) is 32.8 Å². The third-order valence-electron chi connectivity index (χ3n) is 2.96. The van der Waals surface area contributed by atoms with Gasteiger partial charge in [0.05, 0.1) is 6.67 Å². The van der Waals surface area contributed by atoms with Crippen LogP contribution in [0.5, 0.6) is 0 Å². The van der Waals surface area contributed by atoms with Crippen LogP contribution in [0.2, 0.25) is 0 Å². The number of hydrogen-bond donors (Lipinski definition) is 1. The number of allylic oxidation sites excluding steroid dienone is 1. The number of rotatable bonds is 11. The molecule has 0 aliphatic heterocycles. The third-order valence-corrected chi connectivity index (χ3v) is 2.96. The Balaban J connectivity index is 3.37. The summed E-state index contributed by atoms with van der Waals surface area (Å²) in [5.74, 6) is 0.181. The van der Waals surface area contributed by atoms with Crippen LogP contribution in [0, 0.1) is 0 Å². The molecular formula is C14H28N2O. The zero-order valence-corrected chi connectivity index (χ0v) is 11.5. The standard InChI is InChI=1S/C14H28N2O/c1-4-7-8-9-10-11-12-14(17)15-13-16(5-2)6-3/h4H,1,5-13H2,2-3H3,(H,15,17). The molecule has 0 atom stereocenters. The van der Waals surface area contributed by atoms with E-state index in [1.165, 1.54) is 12.8 Å². The van der Waals surface area contributed by atoms with Crippen molar-refractivity contribution in [3.05, 3.63) is 12.7 Å². The predicted octanol–water partition coefficient (Wildman–Crippen LogP) is 2.93. The van der Waals surface area contributed by atoms with Crippen LogP contribution in [-0.4, -0.2) is 30.6 Å². The highest BCUT2D eigenvalue weighted by Crippen LogP contribution is 2.05. The smallest absolute Gasteiger partial charge is 0.220 e. The van der Waals surface area contributed by atoms with Gasteiger partial charge in [0.25, 0.3) is 0 Å². The van der Waals surface area contributed by atoms with Crippen LogP contribution in [0.4, 0.5) is 0 Å². The highest BCUT2D eigenvalue weighted by Gasteiger charge is 2.03. The minimum Gasteiger partial charge on any atom is -0.343 e. The summed E-state index contributed by atoms with van der Waals surface area (Å²) in [5, 5.41) is 2.96. The molecule has 0 aromatic heterocycles. The van der Waals surface area contributed by atoms with Crippen molar-refractivity contribution in [1.82, 2.24) is 10.2 Å². The molecule has 100 valence electrons. The van der Waals surface area contributed by atoms with E-state index in [0.29, 0.717) is 13.1 Å². The van der Waals surface area contributed by atoms with Gasteiger partial charge in [-0.25, -0.2) is 0 Å². The zero-order chi connectivity index (χ0) is 12.9. The van der Waals surface area contributed by atoms with Gasteiger partial charge >= 0.3 is 0 Å². The van der Waals surface area contributed by atoms with Gasteiger partial charge in [-0.15, -0.1) is 6.58 Å². The molecule has 3 nitrogen and oxygen atoms in total. The molecule has 1 amide bonds. The summed E-state index contributed by atoms with van der Waals surface area (Å²) in [7, 11) is 0. The molecule has 0 aliphatic rings. The Kier molecular flexibility index (Phi) is 11.1. The van der Waals surface area contributed by atoms with Gasteiger partial charge in [-0.3, -0.25) is 9.69 Å². The molecule has 0 rings (SSSR count). The van der Waals surface area contributed by atoms with E-state index in [1.54, 1.807) is 0 Å². The van der Waals surface area contributed by atoms with Crippen LogP contribution >= 0.6 is 0 Å². The van der Waals surface area contributed by atoms with E-state index < -0.39 is 0 Å². The van der Waals surface area contributed by atoms with Gasteiger partial charge in [-0.2, -0.15) is 0 Å². The number of unbranched alkanes of at least 4 members (excludes halogenated alkanes) is 4. The molecule has 0 bridgehead atoms. The van der Waals surface area contributed by atoms with Gasteiger partial charge in [0.1, 0.15) is 0 Å². The van der Waals surface area contributed by atoms with Gasteiger partial charge in [0.15, 0.2) is 0 Å². The average molecular weight is 240 g/mol. The monoisotopic (exact) mass is 240 g/mol. The van der Waals surface area contributed by atoms with Gasteiger partial charge in [0.2, 0.25) is 5.91 Å². The maximum atomic E-state index is 11.5. The fraction of sp³-hybridized carbons (Fsp3) is 0.786. The molecule has 0 unspecified atom stereocenters. The summed E-state index contributed by atoms with van der Waals surface area (Å²) in [6, 6.07) is 0. The topological polar surface area (TPSA) is 32.3 Å². The van der Waals surface area contributed by atoms with E-state index in [2.05, 4.69) is 30.6 Å². The Morgan fingerprint density at radius 3 is 2.41 bits per heavy atom. The molecular weight excluding hydrogens is 212 g/mol. The summed E-state index contributed by atoms with van der Waals surface area (Å²) in [6.45, 7) is 10.6. The molecule has 0 radical (unpaired) electrons. The number of hydrogen-bond acceptors (Lipinski definition) is 2. The lowest BCUT2D eigenvalue weighted by atomic mass is 10.1. The van der Waals surface area contributed by atoms with Crippen LogP contribution in [0.1, 0.15) is 52.4 Å². The lowest BCUT2D eigenvalue weighted by Gasteiger charge is -2.18. The van der Waals surface area contributed by atoms with Crippen molar-refractivity contribution in [2.45, 2.75) is 52.4 Å². The summed E-state index contributed by atoms with van der Waals surface area (Å²) in [4.78, 5) is 13.7. The molecule has 0 spiro atoms. The first kappa shape index (κ1) is 16.2. The largest absolute Gasteiger partial charge is 0.343 e. The molecule has 0 heterocycles. The Morgan fingerprint density at radius 2 is 1.82 bits per heavy atom.